The van der Waals surface area contributed by atoms with Crippen molar-refractivity contribution in [2.45, 2.75) is 59.4 Å². The lowest BCUT2D eigenvalue weighted by Crippen LogP contribution is -2.46. The first kappa shape index (κ1) is 17.8. The molecule has 1 fully saturated rings. The van der Waals surface area contributed by atoms with Crippen LogP contribution in [0.4, 0.5) is 4.79 Å². The summed E-state index contributed by atoms with van der Waals surface area (Å²) in [5, 5.41) is 3.18. The topological polar surface area (TPSA) is 32.3 Å². The van der Waals surface area contributed by atoms with Gasteiger partial charge in [-0.2, -0.15) is 0 Å². The zero-order chi connectivity index (χ0) is 16.0. The van der Waals surface area contributed by atoms with Crippen LogP contribution in [0, 0.1) is 11.8 Å². The van der Waals surface area contributed by atoms with E-state index in [0.29, 0.717) is 18.4 Å². The summed E-state index contributed by atoms with van der Waals surface area (Å²) >= 11 is 0. The Kier molecular flexibility index (Phi) is 7.00. The Bertz CT molecular complexity index is 387. The zero-order valence-electron chi connectivity index (χ0n) is 14.2. The monoisotopic (exact) mass is 292 g/mol. The maximum atomic E-state index is 12.5. The van der Waals surface area contributed by atoms with Crippen LogP contribution < -0.4 is 5.32 Å². The molecule has 3 nitrogen and oxygen atoms in total. The number of hydrogen-bond donors (Lipinski definition) is 1. The highest BCUT2D eigenvalue weighted by Gasteiger charge is 2.23. The van der Waals surface area contributed by atoms with E-state index >= 15 is 0 Å². The molecule has 21 heavy (non-hydrogen) atoms. The molecule has 120 valence electrons. The second kappa shape index (κ2) is 8.26. The first-order chi connectivity index (χ1) is 9.85. The first-order valence-electron chi connectivity index (χ1n) is 8.25. The number of nitrogens with one attached hydrogen (secondary N) is 1. The highest BCUT2D eigenvalue weighted by molar-refractivity contribution is 5.75. The highest BCUT2D eigenvalue weighted by atomic mass is 16.2. The maximum Gasteiger partial charge on any atom is 0.318 e. The van der Waals surface area contributed by atoms with E-state index in [1.165, 1.54) is 0 Å². The van der Waals surface area contributed by atoms with E-state index < -0.39 is 0 Å². The molecule has 2 unspecified atom stereocenters. The Morgan fingerprint density at radius 3 is 2.71 bits per heavy atom. The highest BCUT2D eigenvalue weighted by Crippen LogP contribution is 2.21. The Labute approximate surface area is 130 Å². The van der Waals surface area contributed by atoms with Crippen molar-refractivity contribution in [3.8, 4) is 0 Å². The quantitative estimate of drug-likeness (QED) is 0.750. The third-order valence-electron chi connectivity index (χ3n) is 4.39. The minimum Gasteiger partial charge on any atom is -0.332 e. The lowest BCUT2D eigenvalue weighted by molar-refractivity contribution is 0.199. The Morgan fingerprint density at radius 1 is 1.48 bits per heavy atom. The third-order valence-corrected chi connectivity index (χ3v) is 4.39. The van der Waals surface area contributed by atoms with Gasteiger partial charge in [-0.05, 0) is 37.5 Å². The molecule has 0 radical (unpaired) electrons. The normalized spacial score (nSPS) is 21.1. The summed E-state index contributed by atoms with van der Waals surface area (Å²) in [4.78, 5) is 14.5. The zero-order valence-corrected chi connectivity index (χ0v) is 14.2. The number of nitrogens with zero attached hydrogens (tertiary/aromatic N) is 1. The van der Waals surface area contributed by atoms with Gasteiger partial charge in [-0.1, -0.05) is 52.0 Å². The van der Waals surface area contributed by atoms with Crippen LogP contribution in [0.5, 0.6) is 0 Å². The van der Waals surface area contributed by atoms with Gasteiger partial charge in [0, 0.05) is 13.1 Å². The summed E-state index contributed by atoms with van der Waals surface area (Å²) < 4.78 is 0. The number of urea groups is 1. The standard InChI is InChI=1S/C18H32N2O/c1-7-14(4)17(11-13(2)3)19-18(21)20-10-8-9-15(5)16(6)12-20/h13,15,17H,4,6-12H2,1-3,5H3,(H,19,21). The van der Waals surface area contributed by atoms with Crippen LogP contribution >= 0.6 is 0 Å². The van der Waals surface area contributed by atoms with Gasteiger partial charge in [0.15, 0.2) is 0 Å². The van der Waals surface area contributed by atoms with Gasteiger partial charge < -0.3 is 10.2 Å². The molecule has 0 bridgehead atoms. The van der Waals surface area contributed by atoms with Crippen molar-refractivity contribution in [2.24, 2.45) is 11.8 Å². The number of amides is 2. The molecular formula is C18H32N2O. The van der Waals surface area contributed by atoms with E-state index in [1.54, 1.807) is 0 Å². The van der Waals surface area contributed by atoms with Gasteiger partial charge in [0.05, 0.1) is 6.04 Å². The van der Waals surface area contributed by atoms with Gasteiger partial charge in [-0.15, -0.1) is 0 Å². The minimum atomic E-state index is 0.0329. The molecule has 3 heteroatoms. The van der Waals surface area contributed by atoms with E-state index in [1.807, 2.05) is 4.90 Å². The average Bonchev–Trinajstić information content (AvgIpc) is 2.59. The van der Waals surface area contributed by atoms with E-state index in [2.05, 4.69) is 46.2 Å². The van der Waals surface area contributed by atoms with Crippen molar-refractivity contribution < 1.29 is 4.79 Å². The predicted octanol–water partition coefficient (Wildman–Crippen LogP) is 4.37. The first-order valence-corrected chi connectivity index (χ1v) is 8.25. The summed E-state index contributed by atoms with van der Waals surface area (Å²) in [7, 11) is 0. The number of rotatable bonds is 5. The number of hydrogen-bond acceptors (Lipinski definition) is 1. The molecule has 2 amide bonds. The van der Waals surface area contributed by atoms with Crippen LogP contribution in [0.3, 0.4) is 0 Å². The lowest BCUT2D eigenvalue weighted by Gasteiger charge is -2.28. The second-order valence-corrected chi connectivity index (χ2v) is 6.77. The SMILES string of the molecule is C=C1CN(C(=O)NC(CC(C)C)C(=C)CC)CCCC1C. The third kappa shape index (κ3) is 5.56. The molecule has 0 spiro atoms. The molecule has 0 aromatic carbocycles. The van der Waals surface area contributed by atoms with Crippen molar-refractivity contribution in [1.82, 2.24) is 10.2 Å². The molecule has 1 aliphatic rings. The molecule has 0 aliphatic carbocycles. The van der Waals surface area contributed by atoms with Crippen molar-refractivity contribution in [3.05, 3.63) is 24.3 Å². The van der Waals surface area contributed by atoms with E-state index in [9.17, 15) is 4.79 Å². The molecule has 1 N–H and O–H groups in total. The van der Waals surface area contributed by atoms with Crippen LogP contribution in [0.25, 0.3) is 0 Å². The molecule has 0 aromatic rings. The van der Waals surface area contributed by atoms with Crippen molar-refractivity contribution in [1.29, 1.82) is 0 Å². The van der Waals surface area contributed by atoms with Crippen LogP contribution in [0.1, 0.15) is 53.4 Å². The molecule has 0 saturated carbocycles. The van der Waals surface area contributed by atoms with Gasteiger partial charge in [0.2, 0.25) is 0 Å². The fourth-order valence-corrected chi connectivity index (χ4v) is 2.73. The fourth-order valence-electron chi connectivity index (χ4n) is 2.73. The minimum absolute atomic E-state index is 0.0329. The molecule has 0 aromatic heterocycles. The van der Waals surface area contributed by atoms with Crippen molar-refractivity contribution in [3.63, 3.8) is 0 Å². The number of carbonyl (C=O) groups excluding carboxylic acids is 1. The summed E-state index contributed by atoms with van der Waals surface area (Å²) in [6.07, 6.45) is 4.03. The second-order valence-electron chi connectivity index (χ2n) is 6.77. The van der Waals surface area contributed by atoms with Gasteiger partial charge in [-0.25, -0.2) is 4.79 Å². The van der Waals surface area contributed by atoms with Crippen molar-refractivity contribution in [2.75, 3.05) is 13.1 Å². The van der Waals surface area contributed by atoms with Gasteiger partial charge in [-0.3, -0.25) is 0 Å². The lowest BCUT2D eigenvalue weighted by atomic mass is 9.96. The van der Waals surface area contributed by atoms with Crippen LogP contribution in [-0.4, -0.2) is 30.1 Å². The molecular weight excluding hydrogens is 260 g/mol. The fraction of sp³-hybridized carbons (Fsp3) is 0.722. The molecule has 2 atom stereocenters. The summed E-state index contributed by atoms with van der Waals surface area (Å²) in [5.74, 6) is 1.05. The van der Waals surface area contributed by atoms with E-state index in [0.717, 1.165) is 43.4 Å². The molecule has 1 aliphatic heterocycles. The maximum absolute atomic E-state index is 12.5. The van der Waals surface area contributed by atoms with Gasteiger partial charge in [0.1, 0.15) is 0 Å². The molecule has 1 rings (SSSR count). The summed E-state index contributed by atoms with van der Waals surface area (Å²) in [6, 6.07) is 0.113. The van der Waals surface area contributed by atoms with Gasteiger partial charge >= 0.3 is 6.03 Å². The van der Waals surface area contributed by atoms with Gasteiger partial charge in [0.25, 0.3) is 0 Å². The van der Waals surface area contributed by atoms with E-state index in [-0.39, 0.29) is 12.1 Å². The van der Waals surface area contributed by atoms with Crippen LogP contribution in [-0.2, 0) is 0 Å². The number of likely N-dealkylation sites (tertiary alicyclic amines) is 1. The smallest absolute Gasteiger partial charge is 0.318 e. The summed E-state index contributed by atoms with van der Waals surface area (Å²) in [6.45, 7) is 18.4. The largest absolute Gasteiger partial charge is 0.332 e. The Balaban J connectivity index is 2.67. The van der Waals surface area contributed by atoms with E-state index in [4.69, 9.17) is 0 Å². The summed E-state index contributed by atoms with van der Waals surface area (Å²) in [5.41, 5.74) is 2.27. The number of carbonyl (C=O) groups is 1. The predicted molar refractivity (Wildman–Crippen MR) is 90.3 cm³/mol. The Hall–Kier alpha value is -1.25. The average molecular weight is 292 g/mol. The molecule has 1 heterocycles. The van der Waals surface area contributed by atoms with Crippen LogP contribution in [0.15, 0.2) is 24.3 Å². The van der Waals surface area contributed by atoms with Crippen LogP contribution in [0.2, 0.25) is 0 Å². The Morgan fingerprint density at radius 2 is 2.14 bits per heavy atom. The van der Waals surface area contributed by atoms with Crippen molar-refractivity contribution >= 4 is 6.03 Å². The molecule has 1 saturated heterocycles.